The third-order valence-corrected chi connectivity index (χ3v) is 4.38. The molecule has 1 atom stereocenters. The Morgan fingerprint density at radius 2 is 1.92 bits per heavy atom. The van der Waals surface area contributed by atoms with Gasteiger partial charge in [0.25, 0.3) is 0 Å². The number of anilines is 2. The van der Waals surface area contributed by atoms with Gasteiger partial charge >= 0.3 is 6.03 Å². The van der Waals surface area contributed by atoms with Gasteiger partial charge in [0.1, 0.15) is 11.6 Å². The summed E-state index contributed by atoms with van der Waals surface area (Å²) in [7, 11) is 1.60. The summed E-state index contributed by atoms with van der Waals surface area (Å²) in [6.45, 7) is 2.38. The number of nitrogens with zero attached hydrogens (tertiary/aromatic N) is 1. The van der Waals surface area contributed by atoms with Crippen LogP contribution < -0.4 is 20.3 Å². The van der Waals surface area contributed by atoms with Gasteiger partial charge in [-0.15, -0.1) is 0 Å². The summed E-state index contributed by atoms with van der Waals surface area (Å²) < 4.78 is 18.1. The summed E-state index contributed by atoms with van der Waals surface area (Å²) in [5.74, 6) is 0.904. The molecule has 2 N–H and O–H groups in total. The number of benzene rings is 2. The first-order chi connectivity index (χ1) is 12.1. The van der Waals surface area contributed by atoms with E-state index in [0.717, 1.165) is 36.6 Å². The highest BCUT2D eigenvalue weighted by Gasteiger charge is 2.23. The molecule has 1 fully saturated rings. The Morgan fingerprint density at radius 3 is 2.60 bits per heavy atom. The van der Waals surface area contributed by atoms with Crippen LogP contribution in [-0.4, -0.2) is 32.8 Å². The van der Waals surface area contributed by atoms with E-state index in [0.29, 0.717) is 12.5 Å². The molecule has 0 saturated carbocycles. The van der Waals surface area contributed by atoms with Crippen LogP contribution in [0.15, 0.2) is 48.5 Å². The Hall–Kier alpha value is -2.76. The van der Waals surface area contributed by atoms with E-state index < -0.39 is 0 Å². The lowest BCUT2D eigenvalue weighted by atomic mass is 10.1. The van der Waals surface area contributed by atoms with Gasteiger partial charge in [0.05, 0.1) is 7.11 Å². The van der Waals surface area contributed by atoms with Crippen molar-refractivity contribution in [2.45, 2.75) is 6.42 Å². The summed E-state index contributed by atoms with van der Waals surface area (Å²) >= 11 is 0. The predicted molar refractivity (Wildman–Crippen MR) is 96.7 cm³/mol. The normalized spacial score (nSPS) is 16.6. The highest BCUT2D eigenvalue weighted by Crippen LogP contribution is 2.23. The van der Waals surface area contributed by atoms with E-state index in [1.165, 1.54) is 12.1 Å². The lowest BCUT2D eigenvalue weighted by Gasteiger charge is -2.19. The van der Waals surface area contributed by atoms with E-state index >= 15 is 0 Å². The minimum absolute atomic E-state index is 0.217. The molecule has 25 heavy (non-hydrogen) atoms. The third kappa shape index (κ3) is 4.62. The molecule has 5 nitrogen and oxygen atoms in total. The van der Waals surface area contributed by atoms with Crippen molar-refractivity contribution >= 4 is 17.4 Å². The number of carbonyl (C=O) groups excluding carboxylic acids is 1. The van der Waals surface area contributed by atoms with Crippen LogP contribution in [0.4, 0.5) is 20.6 Å². The second-order valence-corrected chi connectivity index (χ2v) is 6.14. The fraction of sp³-hybridized carbons (Fsp3) is 0.316. The molecule has 0 unspecified atom stereocenters. The molecular formula is C19H22FN3O2. The molecular weight excluding hydrogens is 321 g/mol. The maximum atomic E-state index is 13.0. The number of rotatable bonds is 5. The topological polar surface area (TPSA) is 53.6 Å². The van der Waals surface area contributed by atoms with Crippen LogP contribution in [0.25, 0.3) is 0 Å². The Balaban J connectivity index is 1.44. The predicted octanol–water partition coefficient (Wildman–Crippen LogP) is 3.48. The molecule has 0 radical (unpaired) electrons. The Kier molecular flexibility index (Phi) is 5.38. The summed E-state index contributed by atoms with van der Waals surface area (Å²) in [6.07, 6.45) is 1.00. The van der Waals surface area contributed by atoms with Crippen LogP contribution in [0.2, 0.25) is 0 Å². The molecule has 0 aromatic heterocycles. The molecule has 1 aliphatic heterocycles. The lowest BCUT2D eigenvalue weighted by molar-refractivity contribution is 0.250. The average Bonchev–Trinajstić information content (AvgIpc) is 3.10. The van der Waals surface area contributed by atoms with Gasteiger partial charge < -0.3 is 20.3 Å². The second kappa shape index (κ2) is 7.88. The maximum absolute atomic E-state index is 13.0. The Morgan fingerprint density at radius 1 is 1.20 bits per heavy atom. The smallest absolute Gasteiger partial charge is 0.319 e. The molecule has 2 aromatic carbocycles. The quantitative estimate of drug-likeness (QED) is 0.874. The van der Waals surface area contributed by atoms with Crippen molar-refractivity contribution in [1.82, 2.24) is 5.32 Å². The molecule has 6 heteroatoms. The monoisotopic (exact) mass is 343 g/mol. The number of amides is 2. The van der Waals surface area contributed by atoms with Gasteiger partial charge in [-0.3, -0.25) is 0 Å². The first-order valence-electron chi connectivity index (χ1n) is 8.33. The minimum atomic E-state index is -0.226. The lowest BCUT2D eigenvalue weighted by Crippen LogP contribution is -2.34. The number of hydrogen-bond donors (Lipinski definition) is 2. The van der Waals surface area contributed by atoms with Crippen molar-refractivity contribution in [3.63, 3.8) is 0 Å². The molecule has 0 aliphatic carbocycles. The van der Waals surface area contributed by atoms with Crippen LogP contribution in [0.5, 0.6) is 5.75 Å². The molecule has 2 aromatic rings. The van der Waals surface area contributed by atoms with E-state index in [1.54, 1.807) is 43.5 Å². The van der Waals surface area contributed by atoms with E-state index in [-0.39, 0.29) is 11.8 Å². The highest BCUT2D eigenvalue weighted by molar-refractivity contribution is 5.89. The summed E-state index contributed by atoms with van der Waals surface area (Å²) in [5, 5.41) is 5.72. The maximum Gasteiger partial charge on any atom is 0.319 e. The first-order valence-corrected chi connectivity index (χ1v) is 8.33. The second-order valence-electron chi connectivity index (χ2n) is 6.14. The molecule has 0 bridgehead atoms. The van der Waals surface area contributed by atoms with Crippen LogP contribution >= 0.6 is 0 Å². The molecule has 0 spiro atoms. The van der Waals surface area contributed by atoms with Gasteiger partial charge in [-0.05, 0) is 60.9 Å². The largest absolute Gasteiger partial charge is 0.497 e. The van der Waals surface area contributed by atoms with Crippen LogP contribution in [0.1, 0.15) is 6.42 Å². The molecule has 1 saturated heterocycles. The Bertz CT molecular complexity index is 704. The Labute approximate surface area is 146 Å². The number of hydrogen-bond acceptors (Lipinski definition) is 3. The van der Waals surface area contributed by atoms with E-state index in [9.17, 15) is 9.18 Å². The van der Waals surface area contributed by atoms with Crippen molar-refractivity contribution in [2.24, 2.45) is 5.92 Å². The van der Waals surface area contributed by atoms with Gasteiger partial charge in [0.2, 0.25) is 0 Å². The standard InChI is InChI=1S/C19H22FN3O2/c1-25-18-8-4-16(5-9-18)22-19(24)21-12-14-10-11-23(13-14)17-6-2-15(20)3-7-17/h2-9,14H,10-13H2,1H3,(H2,21,22,24)/t14-/m0/s1. The highest BCUT2D eigenvalue weighted by atomic mass is 19.1. The zero-order chi connectivity index (χ0) is 17.6. The van der Waals surface area contributed by atoms with E-state index in [2.05, 4.69) is 15.5 Å². The van der Waals surface area contributed by atoms with Crippen LogP contribution in [0, 0.1) is 11.7 Å². The SMILES string of the molecule is COc1ccc(NC(=O)NC[C@@H]2CCN(c3ccc(F)cc3)C2)cc1. The number of methoxy groups -OCH3 is 1. The number of urea groups is 1. The van der Waals surface area contributed by atoms with Gasteiger partial charge in [0.15, 0.2) is 0 Å². The number of ether oxygens (including phenoxy) is 1. The summed E-state index contributed by atoms with van der Waals surface area (Å²) in [6, 6.07) is 13.5. The molecule has 132 valence electrons. The number of carbonyl (C=O) groups is 1. The number of nitrogens with one attached hydrogen (secondary N) is 2. The van der Waals surface area contributed by atoms with Gasteiger partial charge in [0, 0.05) is 31.0 Å². The molecule has 1 heterocycles. The van der Waals surface area contributed by atoms with Crippen LogP contribution in [-0.2, 0) is 0 Å². The van der Waals surface area contributed by atoms with Crippen molar-refractivity contribution in [3.8, 4) is 5.75 Å². The van der Waals surface area contributed by atoms with Crippen molar-refractivity contribution in [3.05, 3.63) is 54.3 Å². The zero-order valence-electron chi connectivity index (χ0n) is 14.2. The minimum Gasteiger partial charge on any atom is -0.497 e. The molecule has 1 aliphatic rings. The van der Waals surface area contributed by atoms with Crippen LogP contribution in [0.3, 0.4) is 0 Å². The zero-order valence-corrected chi connectivity index (χ0v) is 14.2. The van der Waals surface area contributed by atoms with E-state index in [4.69, 9.17) is 4.74 Å². The van der Waals surface area contributed by atoms with Gasteiger partial charge in [-0.1, -0.05) is 0 Å². The van der Waals surface area contributed by atoms with Gasteiger partial charge in [-0.25, -0.2) is 9.18 Å². The summed E-state index contributed by atoms with van der Waals surface area (Å²) in [4.78, 5) is 14.2. The fourth-order valence-corrected chi connectivity index (χ4v) is 2.97. The average molecular weight is 343 g/mol. The van der Waals surface area contributed by atoms with Crippen molar-refractivity contribution < 1.29 is 13.9 Å². The first kappa shape index (κ1) is 17.1. The third-order valence-electron chi connectivity index (χ3n) is 4.38. The number of halogens is 1. The fourth-order valence-electron chi connectivity index (χ4n) is 2.97. The van der Waals surface area contributed by atoms with Crippen molar-refractivity contribution in [1.29, 1.82) is 0 Å². The van der Waals surface area contributed by atoms with Crippen molar-refractivity contribution in [2.75, 3.05) is 37.0 Å². The van der Waals surface area contributed by atoms with Gasteiger partial charge in [-0.2, -0.15) is 0 Å². The summed E-state index contributed by atoms with van der Waals surface area (Å²) in [5.41, 5.74) is 1.74. The molecule has 3 rings (SSSR count). The van der Waals surface area contributed by atoms with E-state index in [1.807, 2.05) is 0 Å². The molecule has 2 amide bonds.